The summed E-state index contributed by atoms with van der Waals surface area (Å²) in [5.74, 6) is 1.51. The number of thiophene rings is 1. The summed E-state index contributed by atoms with van der Waals surface area (Å²) in [5, 5.41) is 1.89. The molecular weight excluding hydrogens is 326 g/mol. The lowest BCUT2D eigenvalue weighted by molar-refractivity contribution is 0.340. The summed E-state index contributed by atoms with van der Waals surface area (Å²) in [4.78, 5) is 1.21. The summed E-state index contributed by atoms with van der Waals surface area (Å²) in [5.41, 5.74) is 0.820. The SMILES string of the molecule is Cc1csc(CCl)c1S(=O)(=O)N1CCCC(C(C)C)CC1. The molecule has 0 saturated carbocycles. The van der Waals surface area contributed by atoms with Crippen LogP contribution in [0.3, 0.4) is 0 Å². The van der Waals surface area contributed by atoms with E-state index in [9.17, 15) is 8.42 Å². The summed E-state index contributed by atoms with van der Waals surface area (Å²) >= 11 is 7.35. The Bertz CT molecular complexity index is 580. The first-order valence-corrected chi connectivity index (χ1v) is 10.4. The third-order valence-corrected chi connectivity index (χ3v) is 8.17. The van der Waals surface area contributed by atoms with Gasteiger partial charge in [-0.05, 0) is 49.0 Å². The second-order valence-electron chi connectivity index (χ2n) is 6.14. The van der Waals surface area contributed by atoms with Crippen LogP contribution in [0.4, 0.5) is 0 Å². The molecular formula is C15H24ClNO2S2. The minimum Gasteiger partial charge on any atom is -0.207 e. The van der Waals surface area contributed by atoms with Crippen LogP contribution in [-0.2, 0) is 15.9 Å². The molecule has 0 N–H and O–H groups in total. The summed E-state index contributed by atoms with van der Waals surface area (Å²) in [6.45, 7) is 7.56. The van der Waals surface area contributed by atoms with Crippen molar-refractivity contribution in [2.45, 2.75) is 50.8 Å². The first kappa shape index (κ1) is 17.3. The largest absolute Gasteiger partial charge is 0.244 e. The topological polar surface area (TPSA) is 37.4 Å². The fourth-order valence-corrected chi connectivity index (χ4v) is 6.56. The van der Waals surface area contributed by atoms with E-state index in [0.29, 0.717) is 29.8 Å². The van der Waals surface area contributed by atoms with E-state index in [1.54, 1.807) is 4.31 Å². The Labute approximate surface area is 137 Å². The highest BCUT2D eigenvalue weighted by Gasteiger charge is 2.31. The highest BCUT2D eigenvalue weighted by molar-refractivity contribution is 7.89. The number of hydrogen-bond acceptors (Lipinski definition) is 3. The van der Waals surface area contributed by atoms with E-state index in [0.717, 1.165) is 29.7 Å². The number of sulfonamides is 1. The fraction of sp³-hybridized carbons (Fsp3) is 0.733. The highest BCUT2D eigenvalue weighted by Crippen LogP contribution is 2.33. The van der Waals surface area contributed by atoms with E-state index < -0.39 is 10.0 Å². The molecule has 6 heteroatoms. The molecule has 21 heavy (non-hydrogen) atoms. The summed E-state index contributed by atoms with van der Waals surface area (Å²) < 4.78 is 27.6. The van der Waals surface area contributed by atoms with Gasteiger partial charge in [0.05, 0.1) is 5.88 Å². The molecule has 0 amide bonds. The van der Waals surface area contributed by atoms with Gasteiger partial charge in [0, 0.05) is 18.0 Å². The smallest absolute Gasteiger partial charge is 0.207 e. The van der Waals surface area contributed by atoms with Gasteiger partial charge >= 0.3 is 0 Å². The van der Waals surface area contributed by atoms with Crippen molar-refractivity contribution in [3.63, 3.8) is 0 Å². The third-order valence-electron chi connectivity index (χ3n) is 4.38. The zero-order valence-electron chi connectivity index (χ0n) is 12.9. The molecule has 1 aliphatic rings. The maximum Gasteiger partial charge on any atom is 0.244 e. The Morgan fingerprint density at radius 3 is 2.71 bits per heavy atom. The molecule has 1 unspecified atom stereocenters. The van der Waals surface area contributed by atoms with Crippen LogP contribution in [0.1, 0.15) is 43.6 Å². The minimum atomic E-state index is -3.41. The van der Waals surface area contributed by atoms with Crippen molar-refractivity contribution < 1.29 is 8.42 Å². The van der Waals surface area contributed by atoms with Gasteiger partial charge in [-0.25, -0.2) is 8.42 Å². The minimum absolute atomic E-state index is 0.259. The van der Waals surface area contributed by atoms with Gasteiger partial charge in [0.1, 0.15) is 4.90 Å². The Kier molecular flexibility index (Phi) is 5.74. The quantitative estimate of drug-likeness (QED) is 0.762. The van der Waals surface area contributed by atoms with E-state index in [1.807, 2.05) is 12.3 Å². The second kappa shape index (κ2) is 6.99. The lowest BCUT2D eigenvalue weighted by Gasteiger charge is -2.22. The number of rotatable bonds is 4. The van der Waals surface area contributed by atoms with Gasteiger partial charge in [-0.15, -0.1) is 22.9 Å². The molecule has 120 valence electrons. The average Bonchev–Trinajstić information content (AvgIpc) is 2.65. The van der Waals surface area contributed by atoms with Crippen LogP contribution < -0.4 is 0 Å². The van der Waals surface area contributed by atoms with Crippen LogP contribution in [0.5, 0.6) is 0 Å². The van der Waals surface area contributed by atoms with Crippen molar-refractivity contribution in [1.82, 2.24) is 4.31 Å². The number of halogens is 1. The number of alkyl halides is 1. The maximum absolute atomic E-state index is 13.0. The van der Waals surface area contributed by atoms with Gasteiger partial charge in [0.25, 0.3) is 0 Å². The summed E-state index contributed by atoms with van der Waals surface area (Å²) in [7, 11) is -3.41. The van der Waals surface area contributed by atoms with Gasteiger partial charge in [0.2, 0.25) is 10.0 Å². The third kappa shape index (κ3) is 3.63. The molecule has 1 fully saturated rings. The molecule has 1 aromatic heterocycles. The van der Waals surface area contributed by atoms with Crippen LogP contribution in [0.2, 0.25) is 0 Å². The van der Waals surface area contributed by atoms with Gasteiger partial charge < -0.3 is 0 Å². The van der Waals surface area contributed by atoms with Crippen LogP contribution in [0.25, 0.3) is 0 Å². The van der Waals surface area contributed by atoms with Crippen molar-refractivity contribution in [2.75, 3.05) is 13.1 Å². The monoisotopic (exact) mass is 349 g/mol. The van der Waals surface area contributed by atoms with Crippen molar-refractivity contribution in [3.8, 4) is 0 Å². The first-order chi connectivity index (χ1) is 9.87. The number of nitrogens with zero attached hydrogens (tertiary/aromatic N) is 1. The predicted octanol–water partition coefficient (Wildman–Crippen LogP) is 4.24. The Balaban J connectivity index is 2.25. The molecule has 1 aliphatic heterocycles. The molecule has 0 aromatic carbocycles. The normalized spacial score (nSPS) is 21.7. The molecule has 2 rings (SSSR count). The van der Waals surface area contributed by atoms with E-state index in [-0.39, 0.29) is 5.88 Å². The van der Waals surface area contributed by atoms with Crippen molar-refractivity contribution >= 4 is 33.0 Å². The Morgan fingerprint density at radius 2 is 2.10 bits per heavy atom. The van der Waals surface area contributed by atoms with Gasteiger partial charge in [-0.3, -0.25) is 0 Å². The molecule has 0 bridgehead atoms. The zero-order chi connectivity index (χ0) is 15.6. The molecule has 0 radical (unpaired) electrons. The van der Waals surface area contributed by atoms with E-state index in [1.165, 1.54) is 11.3 Å². The molecule has 1 aromatic rings. The molecule has 1 saturated heterocycles. The van der Waals surface area contributed by atoms with Crippen LogP contribution in [-0.4, -0.2) is 25.8 Å². The summed E-state index contributed by atoms with van der Waals surface area (Å²) in [6, 6.07) is 0. The molecule has 0 aliphatic carbocycles. The van der Waals surface area contributed by atoms with Gasteiger partial charge in [-0.2, -0.15) is 4.31 Å². The average molecular weight is 350 g/mol. The van der Waals surface area contributed by atoms with Crippen molar-refractivity contribution in [3.05, 3.63) is 15.8 Å². The lowest BCUT2D eigenvalue weighted by atomic mass is 9.89. The van der Waals surface area contributed by atoms with Gasteiger partial charge in [0.15, 0.2) is 0 Å². The van der Waals surface area contributed by atoms with Crippen molar-refractivity contribution in [2.24, 2.45) is 11.8 Å². The van der Waals surface area contributed by atoms with E-state index in [2.05, 4.69) is 13.8 Å². The van der Waals surface area contributed by atoms with Crippen LogP contribution >= 0.6 is 22.9 Å². The second-order valence-corrected chi connectivity index (χ2v) is 9.25. The lowest BCUT2D eigenvalue weighted by Crippen LogP contribution is -2.32. The Morgan fingerprint density at radius 1 is 1.38 bits per heavy atom. The van der Waals surface area contributed by atoms with Crippen LogP contribution in [0, 0.1) is 18.8 Å². The van der Waals surface area contributed by atoms with E-state index >= 15 is 0 Å². The predicted molar refractivity (Wildman–Crippen MR) is 89.6 cm³/mol. The molecule has 3 nitrogen and oxygen atoms in total. The number of aryl methyl sites for hydroxylation is 1. The molecule has 0 spiro atoms. The maximum atomic E-state index is 13.0. The van der Waals surface area contributed by atoms with E-state index in [4.69, 9.17) is 11.6 Å². The Hall–Kier alpha value is -0.100. The highest BCUT2D eigenvalue weighted by atomic mass is 35.5. The first-order valence-electron chi connectivity index (χ1n) is 7.51. The number of hydrogen-bond donors (Lipinski definition) is 0. The molecule has 1 atom stereocenters. The standard InChI is InChI=1S/C15H24ClNO2S2/c1-11(2)13-5-4-7-17(8-6-13)21(18,19)15-12(3)10-20-14(15)9-16/h10-11,13H,4-9H2,1-3H3. The fourth-order valence-electron chi connectivity index (χ4n) is 3.06. The van der Waals surface area contributed by atoms with Crippen molar-refractivity contribution in [1.29, 1.82) is 0 Å². The van der Waals surface area contributed by atoms with Crippen LogP contribution in [0.15, 0.2) is 10.3 Å². The van der Waals surface area contributed by atoms with Gasteiger partial charge in [-0.1, -0.05) is 13.8 Å². The molecule has 2 heterocycles. The summed E-state index contributed by atoms with van der Waals surface area (Å²) in [6.07, 6.45) is 3.02. The zero-order valence-corrected chi connectivity index (χ0v) is 15.3.